The summed E-state index contributed by atoms with van der Waals surface area (Å²) in [6.45, 7) is -0.396. The number of aromatic carboxylic acids is 1. The topological polar surface area (TPSA) is 149 Å². The largest absolute Gasteiger partial charge is 0.477 e. The van der Waals surface area contributed by atoms with Crippen LogP contribution in [0.4, 0.5) is 29.2 Å². The number of carbonyl (C=O) groups is 1. The number of aryl methyl sites for hydroxylation is 1. The molecular formula is C23H17ClF4N6O5S. The summed E-state index contributed by atoms with van der Waals surface area (Å²) in [6, 6.07) is 5.25. The number of hydrogen-bond acceptors (Lipinski definition) is 8. The third-order valence-corrected chi connectivity index (χ3v) is 6.59. The molecule has 0 aliphatic heterocycles. The molecule has 0 bridgehead atoms. The van der Waals surface area contributed by atoms with Crippen molar-refractivity contribution in [2.75, 3.05) is 17.3 Å². The van der Waals surface area contributed by atoms with Gasteiger partial charge in [-0.3, -0.25) is 4.79 Å². The van der Waals surface area contributed by atoms with Gasteiger partial charge >= 0.3 is 12.1 Å². The quantitative estimate of drug-likeness (QED) is 0.288. The lowest BCUT2D eigenvalue weighted by Gasteiger charge is -2.14. The number of rotatable bonds is 8. The molecule has 0 spiro atoms. The number of benzene rings is 1. The number of hydrogen-bond donors (Lipinski definition) is 2. The molecule has 0 unspecified atom stereocenters. The number of nitrogens with zero attached hydrogens (tertiary/aromatic N) is 5. The maximum Gasteiger partial charge on any atom is 0.435 e. The Hall–Kier alpha value is -4.31. The summed E-state index contributed by atoms with van der Waals surface area (Å²) >= 11 is 5.79. The minimum absolute atomic E-state index is 0.0269. The Balaban J connectivity index is 1.89. The van der Waals surface area contributed by atoms with Gasteiger partial charge in [-0.25, -0.2) is 27.3 Å². The average molecular weight is 601 g/mol. The fraction of sp³-hybridized carbons (Fsp3) is 0.174. The van der Waals surface area contributed by atoms with E-state index in [2.05, 4.69) is 20.4 Å². The Morgan fingerprint density at radius 1 is 1.20 bits per heavy atom. The highest BCUT2D eigenvalue weighted by Crippen LogP contribution is 2.31. The molecule has 0 atom stereocenters. The van der Waals surface area contributed by atoms with Crippen LogP contribution >= 0.6 is 11.6 Å². The van der Waals surface area contributed by atoms with Crippen LogP contribution in [0.1, 0.15) is 16.1 Å². The molecule has 0 aliphatic carbocycles. The van der Waals surface area contributed by atoms with Crippen molar-refractivity contribution < 1.29 is 35.9 Å². The highest BCUT2D eigenvalue weighted by Gasteiger charge is 2.34. The van der Waals surface area contributed by atoms with E-state index in [-0.39, 0.29) is 33.6 Å². The van der Waals surface area contributed by atoms with Crippen molar-refractivity contribution >= 4 is 39.0 Å². The van der Waals surface area contributed by atoms with Crippen LogP contribution in [-0.4, -0.2) is 55.8 Å². The molecule has 3 aromatic heterocycles. The Kier molecular flexibility index (Phi) is 7.67. The third kappa shape index (κ3) is 6.45. The van der Waals surface area contributed by atoms with E-state index >= 15 is 0 Å². The molecule has 0 saturated heterocycles. The number of nitrogens with one attached hydrogen (secondary N) is 1. The molecule has 3 heterocycles. The van der Waals surface area contributed by atoms with E-state index in [4.69, 9.17) is 11.6 Å². The van der Waals surface area contributed by atoms with Crippen LogP contribution in [0, 0.1) is 5.82 Å². The van der Waals surface area contributed by atoms with Crippen LogP contribution in [0.25, 0.3) is 16.9 Å². The van der Waals surface area contributed by atoms with Gasteiger partial charge in [-0.15, -0.1) is 0 Å². The number of carboxylic acid groups (broad SMARTS) is 1. The molecule has 0 radical (unpaired) electrons. The first-order chi connectivity index (χ1) is 18.6. The van der Waals surface area contributed by atoms with Gasteiger partial charge in [-0.1, -0.05) is 11.6 Å². The van der Waals surface area contributed by atoms with Crippen molar-refractivity contribution in [3.05, 3.63) is 81.4 Å². The fourth-order valence-electron chi connectivity index (χ4n) is 3.47. The average Bonchev–Trinajstić information content (AvgIpc) is 3.36. The van der Waals surface area contributed by atoms with E-state index in [1.807, 2.05) is 0 Å². The molecule has 0 saturated carbocycles. The zero-order valence-electron chi connectivity index (χ0n) is 20.1. The number of carboxylic acids is 1. The highest BCUT2D eigenvalue weighted by molar-refractivity contribution is 7.90. The van der Waals surface area contributed by atoms with Crippen molar-refractivity contribution in [1.82, 2.24) is 24.3 Å². The van der Waals surface area contributed by atoms with Gasteiger partial charge < -0.3 is 15.0 Å². The van der Waals surface area contributed by atoms with Crippen LogP contribution in [0.5, 0.6) is 0 Å². The summed E-state index contributed by atoms with van der Waals surface area (Å²) in [7, 11) is -3.55. The van der Waals surface area contributed by atoms with Gasteiger partial charge in [0.1, 0.15) is 21.2 Å². The predicted octanol–water partition coefficient (Wildman–Crippen LogP) is 3.79. The molecule has 2 N–H and O–H groups in total. The maximum absolute atomic E-state index is 13.5. The Morgan fingerprint density at radius 3 is 2.52 bits per heavy atom. The molecule has 1 aromatic carbocycles. The minimum atomic E-state index is -4.79. The monoisotopic (exact) mass is 600 g/mol. The SMILES string of the molecule is CS(=O)(=O)CCn1cc(-c2cnc(Nc3ccc(F)c(Cl)c3)nc2-n2ccc(C(F)(F)F)n2)cc(C(=O)O)c1=O. The van der Waals surface area contributed by atoms with Gasteiger partial charge in [0, 0.05) is 48.2 Å². The van der Waals surface area contributed by atoms with E-state index in [0.717, 1.165) is 46.2 Å². The molecule has 4 rings (SSSR count). The zero-order valence-corrected chi connectivity index (χ0v) is 21.7. The van der Waals surface area contributed by atoms with Crippen molar-refractivity contribution in [1.29, 1.82) is 0 Å². The van der Waals surface area contributed by atoms with Gasteiger partial charge in [0.05, 0.1) is 10.8 Å². The van der Waals surface area contributed by atoms with Crippen LogP contribution in [-0.2, 0) is 22.6 Å². The third-order valence-electron chi connectivity index (χ3n) is 5.37. The van der Waals surface area contributed by atoms with Crippen molar-refractivity contribution in [2.24, 2.45) is 0 Å². The molecule has 0 amide bonds. The molecule has 4 aromatic rings. The van der Waals surface area contributed by atoms with Crippen LogP contribution < -0.4 is 10.9 Å². The Morgan fingerprint density at radius 2 is 1.93 bits per heavy atom. The van der Waals surface area contributed by atoms with Crippen LogP contribution in [0.3, 0.4) is 0 Å². The summed E-state index contributed by atoms with van der Waals surface area (Å²) in [6.07, 6.45) is -0.618. The second kappa shape index (κ2) is 10.7. The number of anilines is 2. The number of aromatic nitrogens is 5. The van der Waals surface area contributed by atoms with E-state index in [1.54, 1.807) is 0 Å². The van der Waals surface area contributed by atoms with Crippen LogP contribution in [0.2, 0.25) is 5.02 Å². The lowest BCUT2D eigenvalue weighted by atomic mass is 10.1. The molecule has 11 nitrogen and oxygen atoms in total. The number of halogens is 5. The first kappa shape index (κ1) is 28.7. The smallest absolute Gasteiger partial charge is 0.435 e. The van der Waals surface area contributed by atoms with Gasteiger partial charge in [0.25, 0.3) is 5.56 Å². The number of pyridine rings is 1. The van der Waals surface area contributed by atoms with Crippen molar-refractivity contribution in [2.45, 2.75) is 12.7 Å². The summed E-state index contributed by atoms with van der Waals surface area (Å²) < 4.78 is 78.3. The number of alkyl halides is 3. The van der Waals surface area contributed by atoms with E-state index < -0.39 is 56.9 Å². The summed E-state index contributed by atoms with van der Waals surface area (Å²) in [5.74, 6) is -3.23. The van der Waals surface area contributed by atoms with E-state index in [1.165, 1.54) is 12.1 Å². The van der Waals surface area contributed by atoms with E-state index in [9.17, 15) is 40.7 Å². The Labute approximate surface area is 227 Å². The van der Waals surface area contributed by atoms with Gasteiger partial charge in [-0.05, 0) is 30.3 Å². The summed E-state index contributed by atoms with van der Waals surface area (Å²) in [5.41, 5.74) is -2.80. The first-order valence-electron chi connectivity index (χ1n) is 11.0. The van der Waals surface area contributed by atoms with Crippen molar-refractivity contribution in [3.63, 3.8) is 0 Å². The molecule has 40 heavy (non-hydrogen) atoms. The lowest BCUT2D eigenvalue weighted by Crippen LogP contribution is -2.28. The fourth-order valence-corrected chi connectivity index (χ4v) is 4.18. The molecule has 0 fully saturated rings. The number of sulfone groups is 1. The normalized spacial score (nSPS) is 11.9. The molecular weight excluding hydrogens is 584 g/mol. The van der Waals surface area contributed by atoms with Gasteiger partial charge in [-0.2, -0.15) is 23.3 Å². The van der Waals surface area contributed by atoms with Gasteiger partial charge in [0.2, 0.25) is 5.95 Å². The molecule has 17 heteroatoms. The van der Waals surface area contributed by atoms with Crippen LogP contribution in [0.15, 0.2) is 53.7 Å². The highest BCUT2D eigenvalue weighted by atomic mass is 35.5. The standard InChI is InChI=1S/C23H17ClF4N6O5S/c1-40(38,39)7-6-33-11-12(8-14(20(33)35)21(36)37)15-10-29-22(30-13-2-3-17(25)16(24)9-13)31-19(15)34-5-4-18(32-34)23(26,27)28/h2-5,8-11H,6-7H2,1H3,(H,36,37)(H,29,30,31). The second-order valence-corrected chi connectivity index (χ2v) is 11.1. The van der Waals surface area contributed by atoms with Crippen molar-refractivity contribution in [3.8, 4) is 16.9 Å². The summed E-state index contributed by atoms with van der Waals surface area (Å²) in [5, 5.41) is 15.6. The minimum Gasteiger partial charge on any atom is -0.477 e. The van der Waals surface area contributed by atoms with E-state index in [0.29, 0.717) is 6.07 Å². The maximum atomic E-state index is 13.5. The first-order valence-corrected chi connectivity index (χ1v) is 13.4. The lowest BCUT2D eigenvalue weighted by molar-refractivity contribution is -0.141. The Bertz CT molecular complexity index is 1790. The molecule has 0 aliphatic rings. The zero-order chi connectivity index (χ0) is 29.4. The second-order valence-electron chi connectivity index (χ2n) is 8.40. The van der Waals surface area contributed by atoms with Gasteiger partial charge in [0.15, 0.2) is 11.5 Å². The predicted molar refractivity (Wildman–Crippen MR) is 135 cm³/mol. The summed E-state index contributed by atoms with van der Waals surface area (Å²) in [4.78, 5) is 32.8. The molecule has 210 valence electrons.